The minimum Gasteiger partial charge on any atom is -0.363 e. The summed E-state index contributed by atoms with van der Waals surface area (Å²) in [6.07, 6.45) is 4.71. The van der Waals surface area contributed by atoms with E-state index in [0.29, 0.717) is 28.7 Å². The molecule has 140 valence electrons. The maximum Gasteiger partial charge on any atom is 0.226 e. The third-order valence-corrected chi connectivity index (χ3v) is 5.08. The van der Waals surface area contributed by atoms with E-state index in [4.69, 9.17) is 23.2 Å². The summed E-state index contributed by atoms with van der Waals surface area (Å²) in [5.41, 5.74) is 2.17. The Hall–Kier alpha value is -2.18. The van der Waals surface area contributed by atoms with Gasteiger partial charge in [-0.2, -0.15) is 9.97 Å². The number of benzene rings is 1. The minimum atomic E-state index is 0.173. The Morgan fingerprint density at radius 1 is 0.889 bits per heavy atom. The monoisotopic (exact) mass is 402 g/mol. The molecule has 0 amide bonds. The highest BCUT2D eigenvalue weighted by Crippen LogP contribution is 2.29. The summed E-state index contributed by atoms with van der Waals surface area (Å²) in [5, 5.41) is 3.71. The fraction of sp³-hybridized carbons (Fsp3) is 0.368. The summed E-state index contributed by atoms with van der Waals surface area (Å²) in [6.45, 7) is 2.45. The molecule has 0 saturated carbocycles. The lowest BCUT2D eigenvalue weighted by Crippen LogP contribution is -2.25. The van der Waals surface area contributed by atoms with E-state index in [2.05, 4.69) is 30.2 Å². The van der Waals surface area contributed by atoms with Crippen molar-refractivity contribution in [1.82, 2.24) is 19.9 Å². The van der Waals surface area contributed by atoms with Crippen molar-refractivity contribution in [1.29, 1.82) is 0 Å². The maximum atomic E-state index is 6.41. The molecule has 0 aliphatic carbocycles. The van der Waals surface area contributed by atoms with Gasteiger partial charge in [-0.15, -0.1) is 0 Å². The summed E-state index contributed by atoms with van der Waals surface area (Å²) in [6, 6.07) is 10.0. The molecule has 0 radical (unpaired) electrons. The van der Waals surface area contributed by atoms with E-state index in [1.807, 2.05) is 30.3 Å². The topological polar surface area (TPSA) is 66.8 Å². The van der Waals surface area contributed by atoms with E-state index < -0.39 is 0 Å². The number of aromatic nitrogens is 4. The van der Waals surface area contributed by atoms with Gasteiger partial charge in [0.15, 0.2) is 28.0 Å². The Kier molecular flexibility index (Phi) is 5.55. The van der Waals surface area contributed by atoms with Gasteiger partial charge in [0.25, 0.3) is 0 Å². The number of hydrogen-bond donors (Lipinski definition) is 1. The molecule has 1 aliphatic heterocycles. The largest absolute Gasteiger partial charge is 0.363 e. The van der Waals surface area contributed by atoms with Crippen molar-refractivity contribution in [2.75, 3.05) is 23.3 Å². The van der Waals surface area contributed by atoms with Crippen LogP contribution in [0, 0.1) is 0 Å². The van der Waals surface area contributed by atoms with Crippen molar-refractivity contribution in [2.45, 2.75) is 32.2 Å². The van der Waals surface area contributed by atoms with Gasteiger partial charge in [0.2, 0.25) is 5.28 Å². The second kappa shape index (κ2) is 8.23. The first kappa shape index (κ1) is 18.2. The van der Waals surface area contributed by atoms with Crippen LogP contribution in [0.15, 0.2) is 30.3 Å². The zero-order chi connectivity index (χ0) is 18.6. The molecule has 3 aromatic rings. The highest BCUT2D eigenvalue weighted by atomic mass is 35.5. The third kappa shape index (κ3) is 4.22. The van der Waals surface area contributed by atoms with Gasteiger partial charge in [-0.3, -0.25) is 0 Å². The van der Waals surface area contributed by atoms with Crippen LogP contribution >= 0.6 is 23.2 Å². The second-order valence-corrected chi connectivity index (χ2v) is 7.29. The zero-order valence-corrected chi connectivity index (χ0v) is 16.3. The van der Waals surface area contributed by atoms with E-state index in [1.165, 1.54) is 12.8 Å². The molecule has 8 heteroatoms. The molecule has 6 nitrogen and oxygen atoms in total. The third-order valence-electron chi connectivity index (χ3n) is 4.65. The Morgan fingerprint density at radius 3 is 2.37 bits per heavy atom. The van der Waals surface area contributed by atoms with Crippen LogP contribution in [-0.2, 0) is 6.54 Å². The van der Waals surface area contributed by atoms with Crippen molar-refractivity contribution >= 4 is 46.0 Å². The Labute approximate surface area is 168 Å². The van der Waals surface area contributed by atoms with Crippen LogP contribution in [0.3, 0.4) is 0 Å². The number of anilines is 2. The SMILES string of the molecule is Clc1nc(N2CCCCCC2)c2nc(Cl)c(NCc3ccccc3)nc2n1. The smallest absolute Gasteiger partial charge is 0.226 e. The van der Waals surface area contributed by atoms with Crippen LogP contribution in [-0.4, -0.2) is 33.0 Å². The zero-order valence-electron chi connectivity index (χ0n) is 14.8. The van der Waals surface area contributed by atoms with Crippen LogP contribution in [0.5, 0.6) is 0 Å². The van der Waals surface area contributed by atoms with Crippen LogP contribution in [0.2, 0.25) is 10.4 Å². The molecule has 1 N–H and O–H groups in total. The van der Waals surface area contributed by atoms with E-state index in [9.17, 15) is 0 Å². The van der Waals surface area contributed by atoms with Crippen molar-refractivity contribution < 1.29 is 0 Å². The number of halogens is 2. The van der Waals surface area contributed by atoms with Crippen LogP contribution in [0.4, 0.5) is 11.6 Å². The molecule has 2 aromatic heterocycles. The van der Waals surface area contributed by atoms with Crippen LogP contribution in [0.1, 0.15) is 31.2 Å². The summed E-state index contributed by atoms with van der Waals surface area (Å²) in [7, 11) is 0. The van der Waals surface area contributed by atoms with Crippen LogP contribution < -0.4 is 10.2 Å². The fourth-order valence-corrected chi connectivity index (χ4v) is 3.64. The Bertz CT molecular complexity index is 926. The molecule has 3 heterocycles. The van der Waals surface area contributed by atoms with E-state index in [-0.39, 0.29) is 5.28 Å². The standard InChI is InChI=1S/C19H20Cl2N6/c20-15-17(22-12-13-8-4-3-5-9-13)24-16-14(23-15)18(26-19(21)25-16)27-10-6-1-2-7-11-27/h3-5,8-9H,1-2,6-7,10-12H2,(H,22,24,25,26). The molecule has 0 spiro atoms. The molecule has 1 saturated heterocycles. The van der Waals surface area contributed by atoms with E-state index in [1.54, 1.807) is 0 Å². The predicted octanol–water partition coefficient (Wildman–Crippen LogP) is 4.72. The van der Waals surface area contributed by atoms with Crippen molar-refractivity contribution in [3.8, 4) is 0 Å². The van der Waals surface area contributed by atoms with E-state index in [0.717, 1.165) is 37.3 Å². The van der Waals surface area contributed by atoms with Gasteiger partial charge in [-0.05, 0) is 30.0 Å². The van der Waals surface area contributed by atoms with Gasteiger partial charge >= 0.3 is 0 Å². The highest BCUT2D eigenvalue weighted by molar-refractivity contribution is 6.32. The quantitative estimate of drug-likeness (QED) is 0.636. The lowest BCUT2D eigenvalue weighted by atomic mass is 10.2. The number of nitrogens with one attached hydrogen (secondary N) is 1. The molecule has 1 aliphatic rings. The first-order valence-corrected chi connectivity index (χ1v) is 9.90. The summed E-state index contributed by atoms with van der Waals surface area (Å²) in [5.74, 6) is 1.21. The Morgan fingerprint density at radius 2 is 1.63 bits per heavy atom. The van der Waals surface area contributed by atoms with Crippen molar-refractivity contribution in [3.05, 3.63) is 46.3 Å². The first-order chi connectivity index (χ1) is 13.2. The molecule has 0 atom stereocenters. The summed E-state index contributed by atoms with van der Waals surface area (Å²) < 4.78 is 0. The second-order valence-electron chi connectivity index (χ2n) is 6.59. The molecular weight excluding hydrogens is 383 g/mol. The molecule has 1 aromatic carbocycles. The predicted molar refractivity (Wildman–Crippen MR) is 110 cm³/mol. The minimum absolute atomic E-state index is 0.173. The normalized spacial score (nSPS) is 15.0. The van der Waals surface area contributed by atoms with Gasteiger partial charge in [-0.25, -0.2) is 9.97 Å². The maximum absolute atomic E-state index is 6.41. The van der Waals surface area contributed by atoms with Crippen molar-refractivity contribution in [3.63, 3.8) is 0 Å². The molecule has 0 unspecified atom stereocenters. The van der Waals surface area contributed by atoms with Gasteiger partial charge in [-0.1, -0.05) is 54.8 Å². The van der Waals surface area contributed by atoms with Gasteiger partial charge < -0.3 is 10.2 Å². The average Bonchev–Trinajstić information content (AvgIpc) is 2.96. The molecule has 4 rings (SSSR count). The lowest BCUT2D eigenvalue weighted by molar-refractivity contribution is 0.726. The molecular formula is C19H20Cl2N6. The lowest BCUT2D eigenvalue weighted by Gasteiger charge is -2.22. The molecule has 1 fully saturated rings. The summed E-state index contributed by atoms with van der Waals surface area (Å²) in [4.78, 5) is 20.0. The van der Waals surface area contributed by atoms with E-state index >= 15 is 0 Å². The number of nitrogens with zero attached hydrogens (tertiary/aromatic N) is 5. The number of fused-ring (bicyclic) bond motifs is 1. The molecule has 27 heavy (non-hydrogen) atoms. The number of rotatable bonds is 4. The summed E-state index contributed by atoms with van der Waals surface area (Å²) >= 11 is 12.6. The number of hydrogen-bond acceptors (Lipinski definition) is 6. The van der Waals surface area contributed by atoms with Gasteiger partial charge in [0, 0.05) is 19.6 Å². The highest BCUT2D eigenvalue weighted by Gasteiger charge is 2.19. The van der Waals surface area contributed by atoms with Crippen LogP contribution in [0.25, 0.3) is 11.2 Å². The van der Waals surface area contributed by atoms with Gasteiger partial charge in [0.1, 0.15) is 0 Å². The fourth-order valence-electron chi connectivity index (χ4n) is 3.28. The van der Waals surface area contributed by atoms with Crippen molar-refractivity contribution in [2.24, 2.45) is 0 Å². The van der Waals surface area contributed by atoms with Gasteiger partial charge in [0.05, 0.1) is 0 Å². The molecule has 0 bridgehead atoms. The Balaban J connectivity index is 1.67. The first-order valence-electron chi connectivity index (χ1n) is 9.14. The average molecular weight is 403 g/mol.